The van der Waals surface area contributed by atoms with Gasteiger partial charge in [-0.3, -0.25) is 10.3 Å². The Hall–Kier alpha value is -0.570. The van der Waals surface area contributed by atoms with Gasteiger partial charge in [0.15, 0.2) is 0 Å². The van der Waals surface area contributed by atoms with Gasteiger partial charge in [0, 0.05) is 18.5 Å². The predicted octanol–water partition coefficient (Wildman–Crippen LogP) is 2.21. The summed E-state index contributed by atoms with van der Waals surface area (Å²) in [5.41, 5.74) is 5.51. The predicted molar refractivity (Wildman–Crippen MR) is 65.2 cm³/mol. The Balaban J connectivity index is 2.61. The highest BCUT2D eigenvalue weighted by Gasteiger charge is 2.29. The standard InChI is InChI=1S/C12H25N3/c1-4-11(8-12(13)14)15-7-5-6-9(2)10(15)3/h9-11H,4-8H2,1-3H3,(H3,13,14). The van der Waals surface area contributed by atoms with E-state index in [1.54, 1.807) is 0 Å². The lowest BCUT2D eigenvalue weighted by Crippen LogP contribution is -2.49. The van der Waals surface area contributed by atoms with Crippen molar-refractivity contribution in [3.05, 3.63) is 0 Å². The first kappa shape index (κ1) is 12.5. The summed E-state index contributed by atoms with van der Waals surface area (Å²) in [5.74, 6) is 1.10. The summed E-state index contributed by atoms with van der Waals surface area (Å²) < 4.78 is 0. The molecule has 3 unspecified atom stereocenters. The molecule has 88 valence electrons. The lowest BCUT2D eigenvalue weighted by Gasteiger charge is -2.42. The molecule has 1 rings (SSSR count). The quantitative estimate of drug-likeness (QED) is 0.553. The average molecular weight is 211 g/mol. The maximum Gasteiger partial charge on any atom is 0.0921 e. The molecule has 1 heterocycles. The van der Waals surface area contributed by atoms with Gasteiger partial charge in [-0.2, -0.15) is 0 Å². The summed E-state index contributed by atoms with van der Waals surface area (Å²) in [7, 11) is 0. The van der Waals surface area contributed by atoms with Crippen LogP contribution in [0.2, 0.25) is 0 Å². The van der Waals surface area contributed by atoms with Crippen molar-refractivity contribution in [2.45, 2.75) is 58.5 Å². The van der Waals surface area contributed by atoms with Crippen molar-refractivity contribution in [1.29, 1.82) is 5.41 Å². The highest BCUT2D eigenvalue weighted by atomic mass is 15.2. The summed E-state index contributed by atoms with van der Waals surface area (Å²) in [6.45, 7) is 8.01. The minimum Gasteiger partial charge on any atom is -0.388 e. The first-order valence-electron chi connectivity index (χ1n) is 6.14. The summed E-state index contributed by atoms with van der Waals surface area (Å²) in [6.07, 6.45) is 4.46. The van der Waals surface area contributed by atoms with Crippen molar-refractivity contribution < 1.29 is 0 Å². The molecule has 0 amide bonds. The summed E-state index contributed by atoms with van der Waals surface area (Å²) in [5, 5.41) is 7.41. The van der Waals surface area contributed by atoms with Gasteiger partial charge in [-0.15, -0.1) is 0 Å². The fourth-order valence-electron chi connectivity index (χ4n) is 2.63. The van der Waals surface area contributed by atoms with Gasteiger partial charge in [-0.1, -0.05) is 13.8 Å². The van der Waals surface area contributed by atoms with E-state index >= 15 is 0 Å². The second-order valence-corrected chi connectivity index (χ2v) is 4.89. The molecule has 0 aromatic rings. The van der Waals surface area contributed by atoms with E-state index in [0.29, 0.717) is 17.9 Å². The third kappa shape index (κ3) is 3.20. The first-order chi connectivity index (χ1) is 7.06. The van der Waals surface area contributed by atoms with Crippen LogP contribution in [0.1, 0.15) is 46.5 Å². The Labute approximate surface area is 93.5 Å². The molecule has 15 heavy (non-hydrogen) atoms. The zero-order chi connectivity index (χ0) is 11.4. The molecule has 0 bridgehead atoms. The van der Waals surface area contributed by atoms with Gasteiger partial charge < -0.3 is 5.73 Å². The van der Waals surface area contributed by atoms with Crippen molar-refractivity contribution in [3.8, 4) is 0 Å². The van der Waals surface area contributed by atoms with Crippen LogP contribution in [0.5, 0.6) is 0 Å². The number of nitrogens with zero attached hydrogens (tertiary/aromatic N) is 1. The minimum atomic E-state index is 0.326. The van der Waals surface area contributed by atoms with E-state index < -0.39 is 0 Å². The van der Waals surface area contributed by atoms with Gasteiger partial charge in [0.2, 0.25) is 0 Å². The fraction of sp³-hybridized carbons (Fsp3) is 0.917. The van der Waals surface area contributed by atoms with Gasteiger partial charge in [-0.25, -0.2) is 0 Å². The molecule has 0 aromatic carbocycles. The normalized spacial score (nSPS) is 30.1. The lowest BCUT2D eigenvalue weighted by atomic mass is 9.89. The Morgan fingerprint density at radius 3 is 2.73 bits per heavy atom. The van der Waals surface area contributed by atoms with Gasteiger partial charge in [0.25, 0.3) is 0 Å². The van der Waals surface area contributed by atoms with E-state index in [0.717, 1.165) is 18.8 Å². The van der Waals surface area contributed by atoms with Crippen molar-refractivity contribution in [3.63, 3.8) is 0 Å². The molecule has 3 nitrogen and oxygen atoms in total. The van der Waals surface area contributed by atoms with E-state index in [1.807, 2.05) is 0 Å². The zero-order valence-corrected chi connectivity index (χ0v) is 10.3. The summed E-state index contributed by atoms with van der Waals surface area (Å²) in [6, 6.07) is 1.11. The van der Waals surface area contributed by atoms with Crippen LogP contribution in [0, 0.1) is 11.3 Å². The van der Waals surface area contributed by atoms with E-state index in [4.69, 9.17) is 11.1 Å². The number of nitrogens with one attached hydrogen (secondary N) is 1. The maximum atomic E-state index is 7.41. The Kier molecular flexibility index (Phi) is 4.58. The molecule has 3 N–H and O–H groups in total. The third-order valence-electron chi connectivity index (χ3n) is 3.82. The third-order valence-corrected chi connectivity index (χ3v) is 3.82. The number of likely N-dealkylation sites (tertiary alicyclic amines) is 1. The second-order valence-electron chi connectivity index (χ2n) is 4.89. The molecule has 3 heteroatoms. The topological polar surface area (TPSA) is 53.1 Å². The molecule has 0 saturated carbocycles. The van der Waals surface area contributed by atoms with Crippen LogP contribution in [0.15, 0.2) is 0 Å². The molecule has 1 saturated heterocycles. The molecule has 3 atom stereocenters. The number of piperidine rings is 1. The SMILES string of the molecule is CCC(CC(=N)N)N1CCCC(C)C1C. The van der Waals surface area contributed by atoms with Crippen LogP contribution in [0.4, 0.5) is 0 Å². The second kappa shape index (κ2) is 5.50. The van der Waals surface area contributed by atoms with Crippen LogP contribution < -0.4 is 5.73 Å². The van der Waals surface area contributed by atoms with E-state index in [2.05, 4.69) is 25.7 Å². The van der Waals surface area contributed by atoms with Crippen LogP contribution in [0.3, 0.4) is 0 Å². The fourth-order valence-corrected chi connectivity index (χ4v) is 2.63. The number of nitrogens with two attached hydrogens (primary N) is 1. The Bertz CT molecular complexity index is 215. The van der Waals surface area contributed by atoms with Crippen LogP contribution in [-0.4, -0.2) is 29.4 Å². The smallest absolute Gasteiger partial charge is 0.0921 e. The van der Waals surface area contributed by atoms with Crippen LogP contribution in [-0.2, 0) is 0 Å². The molecule has 1 aliphatic heterocycles. The van der Waals surface area contributed by atoms with Crippen molar-refractivity contribution in [2.24, 2.45) is 11.7 Å². The number of hydrogen-bond donors (Lipinski definition) is 2. The summed E-state index contributed by atoms with van der Waals surface area (Å²) >= 11 is 0. The number of hydrogen-bond acceptors (Lipinski definition) is 2. The number of rotatable bonds is 4. The summed E-state index contributed by atoms with van der Waals surface area (Å²) in [4.78, 5) is 2.55. The van der Waals surface area contributed by atoms with Gasteiger partial charge >= 0.3 is 0 Å². The van der Waals surface area contributed by atoms with E-state index in [9.17, 15) is 0 Å². The zero-order valence-electron chi connectivity index (χ0n) is 10.3. The lowest BCUT2D eigenvalue weighted by molar-refractivity contribution is 0.0688. The average Bonchev–Trinajstić information content (AvgIpc) is 2.19. The highest BCUT2D eigenvalue weighted by molar-refractivity contribution is 5.77. The van der Waals surface area contributed by atoms with Crippen LogP contribution >= 0.6 is 0 Å². The molecule has 0 radical (unpaired) electrons. The van der Waals surface area contributed by atoms with Crippen LogP contribution in [0.25, 0.3) is 0 Å². The van der Waals surface area contributed by atoms with E-state index in [-0.39, 0.29) is 0 Å². The highest BCUT2D eigenvalue weighted by Crippen LogP contribution is 2.26. The molecule has 0 spiro atoms. The van der Waals surface area contributed by atoms with Gasteiger partial charge in [0.05, 0.1) is 5.84 Å². The molecule has 0 aliphatic carbocycles. The van der Waals surface area contributed by atoms with Gasteiger partial charge in [-0.05, 0) is 38.6 Å². The van der Waals surface area contributed by atoms with Crippen molar-refractivity contribution in [2.75, 3.05) is 6.54 Å². The molecular weight excluding hydrogens is 186 g/mol. The largest absolute Gasteiger partial charge is 0.388 e. The molecule has 1 fully saturated rings. The molecular formula is C12H25N3. The maximum absolute atomic E-state index is 7.41. The minimum absolute atomic E-state index is 0.326. The van der Waals surface area contributed by atoms with Crippen molar-refractivity contribution >= 4 is 5.84 Å². The molecule has 0 aromatic heterocycles. The monoisotopic (exact) mass is 211 g/mol. The molecule has 1 aliphatic rings. The Morgan fingerprint density at radius 2 is 2.20 bits per heavy atom. The first-order valence-corrected chi connectivity index (χ1v) is 6.14. The number of amidine groups is 1. The van der Waals surface area contributed by atoms with E-state index in [1.165, 1.54) is 19.4 Å². The van der Waals surface area contributed by atoms with Crippen molar-refractivity contribution in [1.82, 2.24) is 4.90 Å². The Morgan fingerprint density at radius 1 is 1.53 bits per heavy atom. The van der Waals surface area contributed by atoms with Gasteiger partial charge in [0.1, 0.15) is 0 Å².